The highest BCUT2D eigenvalue weighted by atomic mass is 79.9. The highest BCUT2D eigenvalue weighted by Gasteiger charge is 2.54. The van der Waals surface area contributed by atoms with E-state index in [1.165, 1.54) is 12.8 Å². The van der Waals surface area contributed by atoms with Crippen molar-refractivity contribution in [3.63, 3.8) is 0 Å². The molecule has 0 aromatic rings. The smallest absolute Gasteiger partial charge is 0.0208 e. The first-order valence-corrected chi connectivity index (χ1v) is 3.45. The van der Waals surface area contributed by atoms with Crippen molar-refractivity contribution in [1.82, 2.24) is 0 Å². The van der Waals surface area contributed by atoms with Gasteiger partial charge in [0, 0.05) is 4.83 Å². The fourth-order valence-corrected chi connectivity index (χ4v) is 2.40. The van der Waals surface area contributed by atoms with Crippen molar-refractivity contribution in [2.45, 2.75) is 17.7 Å². The lowest BCUT2D eigenvalue weighted by Gasteiger charge is -2.04. The molecule has 1 heteroatoms. The summed E-state index contributed by atoms with van der Waals surface area (Å²) in [5.74, 6) is 2.23. The molecule has 0 bridgehead atoms. The minimum atomic E-state index is 0.942. The first kappa shape index (κ1) is 3.48. The number of alkyl halides is 1. The second kappa shape index (κ2) is 0.835. The SMILES string of the molecule is BrC1C2CCC12. The Labute approximate surface area is 46.1 Å². The molecule has 2 aliphatic carbocycles. The number of halogens is 1. The zero-order valence-electron chi connectivity index (χ0n) is 3.52. The fraction of sp³-hybridized carbons (Fsp3) is 1.00. The molecule has 2 saturated carbocycles. The van der Waals surface area contributed by atoms with Gasteiger partial charge < -0.3 is 0 Å². The zero-order valence-corrected chi connectivity index (χ0v) is 5.11. The molecule has 6 heavy (non-hydrogen) atoms. The molecule has 0 nitrogen and oxygen atoms in total. The maximum Gasteiger partial charge on any atom is 0.0208 e. The van der Waals surface area contributed by atoms with Gasteiger partial charge in [-0.15, -0.1) is 0 Å². The van der Waals surface area contributed by atoms with Gasteiger partial charge in [0.25, 0.3) is 0 Å². The van der Waals surface area contributed by atoms with Crippen LogP contribution in [0.3, 0.4) is 0 Å². The van der Waals surface area contributed by atoms with Gasteiger partial charge >= 0.3 is 0 Å². The standard InChI is InChI=1S/C5H7Br/c6-5-3-1-2-4(3)5/h3-5H,1-2H2. The van der Waals surface area contributed by atoms with Crippen LogP contribution in [0.25, 0.3) is 0 Å². The molecule has 0 heterocycles. The number of hydrogen-bond acceptors (Lipinski definition) is 0. The summed E-state index contributed by atoms with van der Waals surface area (Å²) in [5, 5.41) is 0. The lowest BCUT2D eigenvalue weighted by Crippen LogP contribution is -1.93. The first-order chi connectivity index (χ1) is 2.89. The Morgan fingerprint density at radius 3 is 1.67 bits per heavy atom. The monoisotopic (exact) mass is 146 g/mol. The maximum atomic E-state index is 3.58. The normalized spacial score (nSPS) is 62.5. The third-order valence-corrected chi connectivity index (χ3v) is 3.42. The molecule has 2 aliphatic rings. The van der Waals surface area contributed by atoms with Crippen LogP contribution in [0.15, 0.2) is 0 Å². The van der Waals surface area contributed by atoms with Crippen LogP contribution in [0.1, 0.15) is 12.8 Å². The molecule has 0 spiro atoms. The van der Waals surface area contributed by atoms with Gasteiger partial charge in [0.05, 0.1) is 0 Å². The first-order valence-electron chi connectivity index (χ1n) is 2.53. The summed E-state index contributed by atoms with van der Waals surface area (Å²) in [6.07, 6.45) is 3.00. The molecule has 2 rings (SSSR count). The van der Waals surface area contributed by atoms with Crippen LogP contribution in [0.2, 0.25) is 0 Å². The van der Waals surface area contributed by atoms with Crippen LogP contribution in [0.5, 0.6) is 0 Å². The lowest BCUT2D eigenvalue weighted by molar-refractivity contribution is 0.468. The van der Waals surface area contributed by atoms with Crippen molar-refractivity contribution >= 4 is 15.9 Å². The summed E-state index contributed by atoms with van der Waals surface area (Å²) < 4.78 is 0. The van der Waals surface area contributed by atoms with E-state index >= 15 is 0 Å². The molecule has 0 radical (unpaired) electrons. The second-order valence-corrected chi connectivity index (χ2v) is 3.41. The molecule has 0 N–H and O–H groups in total. The van der Waals surface area contributed by atoms with Crippen molar-refractivity contribution in [2.75, 3.05) is 0 Å². The molecule has 2 fully saturated rings. The molecule has 0 aliphatic heterocycles. The average Bonchev–Trinajstić information content (AvgIpc) is 1.63. The third-order valence-electron chi connectivity index (χ3n) is 2.06. The topological polar surface area (TPSA) is 0 Å². The van der Waals surface area contributed by atoms with Crippen molar-refractivity contribution in [1.29, 1.82) is 0 Å². The Bertz CT molecular complexity index is 63.3. The predicted octanol–water partition coefficient (Wildman–Crippen LogP) is 1.79. The van der Waals surface area contributed by atoms with Crippen molar-refractivity contribution in [3.8, 4) is 0 Å². The summed E-state index contributed by atoms with van der Waals surface area (Å²) in [7, 11) is 0. The molecular formula is C5H7Br. The summed E-state index contributed by atoms with van der Waals surface area (Å²) in [6, 6.07) is 0. The average molecular weight is 147 g/mol. The van der Waals surface area contributed by atoms with Gasteiger partial charge in [0.15, 0.2) is 0 Å². The summed E-state index contributed by atoms with van der Waals surface area (Å²) >= 11 is 3.58. The van der Waals surface area contributed by atoms with E-state index in [1.54, 1.807) is 0 Å². The summed E-state index contributed by atoms with van der Waals surface area (Å²) in [5.41, 5.74) is 0. The van der Waals surface area contributed by atoms with Crippen molar-refractivity contribution in [2.24, 2.45) is 11.8 Å². The Hall–Kier alpha value is 0.480. The van der Waals surface area contributed by atoms with E-state index in [0.29, 0.717) is 0 Å². The highest BCUT2D eigenvalue weighted by Crippen LogP contribution is 2.59. The van der Waals surface area contributed by atoms with Gasteiger partial charge in [-0.1, -0.05) is 15.9 Å². The second-order valence-electron chi connectivity index (χ2n) is 2.35. The van der Waals surface area contributed by atoms with Crippen LogP contribution >= 0.6 is 15.9 Å². The molecular weight excluding hydrogens is 140 g/mol. The maximum absolute atomic E-state index is 3.58. The minimum absolute atomic E-state index is 0.942. The van der Waals surface area contributed by atoms with E-state index in [0.717, 1.165) is 16.7 Å². The fourth-order valence-electron chi connectivity index (χ4n) is 1.27. The van der Waals surface area contributed by atoms with E-state index in [1.807, 2.05) is 0 Å². The molecule has 0 aromatic heterocycles. The van der Waals surface area contributed by atoms with E-state index < -0.39 is 0 Å². The van der Waals surface area contributed by atoms with Gasteiger partial charge in [-0.05, 0) is 24.7 Å². The van der Waals surface area contributed by atoms with Crippen LogP contribution in [-0.4, -0.2) is 4.83 Å². The van der Waals surface area contributed by atoms with Crippen LogP contribution in [-0.2, 0) is 0 Å². The minimum Gasteiger partial charge on any atom is -0.0884 e. The van der Waals surface area contributed by atoms with E-state index in [9.17, 15) is 0 Å². The van der Waals surface area contributed by atoms with Crippen LogP contribution < -0.4 is 0 Å². The number of fused-ring (bicyclic) bond motifs is 1. The van der Waals surface area contributed by atoms with Gasteiger partial charge in [-0.25, -0.2) is 0 Å². The Morgan fingerprint density at radius 1 is 1.17 bits per heavy atom. The molecule has 34 valence electrons. The highest BCUT2D eigenvalue weighted by molar-refractivity contribution is 9.09. The zero-order chi connectivity index (χ0) is 4.15. The van der Waals surface area contributed by atoms with Crippen molar-refractivity contribution < 1.29 is 0 Å². The van der Waals surface area contributed by atoms with Gasteiger partial charge in [-0.3, -0.25) is 0 Å². The summed E-state index contributed by atoms with van der Waals surface area (Å²) in [4.78, 5) is 0.942. The number of hydrogen-bond donors (Lipinski definition) is 0. The Morgan fingerprint density at radius 2 is 1.67 bits per heavy atom. The number of rotatable bonds is 0. The van der Waals surface area contributed by atoms with E-state index in [2.05, 4.69) is 15.9 Å². The van der Waals surface area contributed by atoms with E-state index in [4.69, 9.17) is 0 Å². The third kappa shape index (κ3) is 0.226. The van der Waals surface area contributed by atoms with Gasteiger partial charge in [-0.2, -0.15) is 0 Å². The van der Waals surface area contributed by atoms with Crippen LogP contribution in [0.4, 0.5) is 0 Å². The molecule has 2 atom stereocenters. The Balaban J connectivity index is 2.11. The molecule has 0 saturated heterocycles. The predicted molar refractivity (Wildman–Crippen MR) is 28.9 cm³/mol. The summed E-state index contributed by atoms with van der Waals surface area (Å²) in [6.45, 7) is 0. The van der Waals surface area contributed by atoms with Gasteiger partial charge in [0.1, 0.15) is 0 Å². The van der Waals surface area contributed by atoms with Gasteiger partial charge in [0.2, 0.25) is 0 Å². The quantitative estimate of drug-likeness (QED) is 0.458. The molecule has 2 unspecified atom stereocenters. The molecule has 0 amide bonds. The van der Waals surface area contributed by atoms with E-state index in [-0.39, 0.29) is 0 Å². The Kier molecular flexibility index (Phi) is 0.484. The largest absolute Gasteiger partial charge is 0.0884 e. The lowest BCUT2D eigenvalue weighted by atomic mass is 10.0. The molecule has 0 aromatic carbocycles. The van der Waals surface area contributed by atoms with Crippen molar-refractivity contribution in [3.05, 3.63) is 0 Å². The van der Waals surface area contributed by atoms with Crippen LogP contribution in [0, 0.1) is 11.8 Å².